The van der Waals surface area contributed by atoms with Crippen LogP contribution in [0.25, 0.3) is 0 Å². The van der Waals surface area contributed by atoms with Gasteiger partial charge in [-0.05, 0) is 12.1 Å². The molecule has 0 radical (unpaired) electrons. The van der Waals surface area contributed by atoms with Crippen molar-refractivity contribution >= 4 is 29.2 Å². The predicted molar refractivity (Wildman–Crippen MR) is 71.3 cm³/mol. The number of benzene rings is 1. The smallest absolute Gasteiger partial charge is 0.311 e. The van der Waals surface area contributed by atoms with Crippen LogP contribution >= 0.6 is 11.6 Å². The van der Waals surface area contributed by atoms with E-state index in [2.05, 4.69) is 5.32 Å². The number of carbonyl (C=O) groups excluding carboxylic acids is 1. The van der Waals surface area contributed by atoms with Crippen molar-refractivity contribution < 1.29 is 24.4 Å². The first kappa shape index (κ1) is 15.2. The molecule has 2 rings (SSSR count). The Morgan fingerprint density at radius 3 is 2.71 bits per heavy atom. The number of aliphatic carboxylic acids is 1. The molecule has 0 bridgehead atoms. The first-order valence-electron chi connectivity index (χ1n) is 5.95. The largest absolute Gasteiger partial charge is 0.481 e. The van der Waals surface area contributed by atoms with Crippen LogP contribution in [0.1, 0.15) is 10.4 Å². The zero-order valence-electron chi connectivity index (χ0n) is 10.6. The van der Waals surface area contributed by atoms with Gasteiger partial charge in [-0.25, -0.2) is 0 Å². The van der Waals surface area contributed by atoms with Gasteiger partial charge in [-0.15, -0.1) is 0 Å². The Balaban J connectivity index is 2.12. The SMILES string of the molecule is O=C(NC1COCC1C(=O)O)c1ccc([N+](=O)[O-])c(Cl)c1. The molecule has 1 fully saturated rings. The molecule has 0 spiro atoms. The third kappa shape index (κ3) is 3.29. The molecule has 1 aromatic rings. The molecule has 21 heavy (non-hydrogen) atoms. The number of nitrogens with one attached hydrogen (secondary N) is 1. The second kappa shape index (κ2) is 6.06. The minimum atomic E-state index is -1.06. The van der Waals surface area contributed by atoms with Crippen LogP contribution in [0.5, 0.6) is 0 Å². The Hall–Kier alpha value is -2.19. The first-order valence-corrected chi connectivity index (χ1v) is 6.33. The lowest BCUT2D eigenvalue weighted by molar-refractivity contribution is -0.384. The number of carboxylic acids is 1. The number of hydrogen-bond donors (Lipinski definition) is 2. The molecule has 2 atom stereocenters. The Labute approximate surface area is 123 Å². The van der Waals surface area contributed by atoms with Crippen molar-refractivity contribution in [3.05, 3.63) is 38.9 Å². The fourth-order valence-corrected chi connectivity index (χ4v) is 2.24. The summed E-state index contributed by atoms with van der Waals surface area (Å²) in [6, 6.07) is 2.90. The molecule has 8 nitrogen and oxygen atoms in total. The number of halogens is 1. The van der Waals surface area contributed by atoms with Gasteiger partial charge in [0, 0.05) is 11.6 Å². The Morgan fingerprint density at radius 1 is 1.43 bits per heavy atom. The summed E-state index contributed by atoms with van der Waals surface area (Å²) in [6.07, 6.45) is 0. The maximum Gasteiger partial charge on any atom is 0.311 e. The summed E-state index contributed by atoms with van der Waals surface area (Å²) < 4.78 is 5.03. The summed E-state index contributed by atoms with van der Waals surface area (Å²) in [7, 11) is 0. The quantitative estimate of drug-likeness (QED) is 0.634. The number of ether oxygens (including phenoxy) is 1. The van der Waals surface area contributed by atoms with Crippen molar-refractivity contribution in [3.63, 3.8) is 0 Å². The molecule has 2 unspecified atom stereocenters. The van der Waals surface area contributed by atoms with E-state index in [-0.39, 0.29) is 29.5 Å². The van der Waals surface area contributed by atoms with Gasteiger partial charge in [0.15, 0.2) is 0 Å². The molecule has 112 valence electrons. The van der Waals surface area contributed by atoms with E-state index >= 15 is 0 Å². The van der Waals surface area contributed by atoms with Crippen LogP contribution in [0.3, 0.4) is 0 Å². The summed E-state index contributed by atoms with van der Waals surface area (Å²) in [4.78, 5) is 33.0. The van der Waals surface area contributed by atoms with Gasteiger partial charge in [-0.2, -0.15) is 0 Å². The number of rotatable bonds is 4. The summed E-state index contributed by atoms with van der Waals surface area (Å²) in [5, 5.41) is 22.0. The van der Waals surface area contributed by atoms with Gasteiger partial charge in [-0.1, -0.05) is 11.6 Å². The molecule has 1 aliphatic heterocycles. The molecule has 1 amide bonds. The minimum absolute atomic E-state index is 0.0291. The molecule has 0 saturated carbocycles. The van der Waals surface area contributed by atoms with Crippen molar-refractivity contribution in [2.75, 3.05) is 13.2 Å². The topological polar surface area (TPSA) is 119 Å². The number of nitrogens with zero attached hydrogens (tertiary/aromatic N) is 1. The van der Waals surface area contributed by atoms with Crippen LogP contribution in [0, 0.1) is 16.0 Å². The number of carbonyl (C=O) groups is 2. The van der Waals surface area contributed by atoms with Crippen molar-refractivity contribution in [2.24, 2.45) is 5.92 Å². The molecule has 9 heteroatoms. The molecular weight excluding hydrogens is 304 g/mol. The molecule has 1 saturated heterocycles. The summed E-state index contributed by atoms with van der Waals surface area (Å²) in [5.41, 5.74) is -0.192. The first-order chi connectivity index (χ1) is 9.90. The highest BCUT2D eigenvalue weighted by Gasteiger charge is 2.35. The fourth-order valence-electron chi connectivity index (χ4n) is 1.99. The third-order valence-corrected chi connectivity index (χ3v) is 3.42. The van der Waals surface area contributed by atoms with Crippen LogP contribution < -0.4 is 5.32 Å². The Bertz CT molecular complexity index is 605. The number of amides is 1. The lowest BCUT2D eigenvalue weighted by Crippen LogP contribution is -2.42. The van der Waals surface area contributed by atoms with Gasteiger partial charge in [0.25, 0.3) is 11.6 Å². The van der Waals surface area contributed by atoms with Gasteiger partial charge in [0.1, 0.15) is 10.9 Å². The number of nitro benzene ring substituents is 1. The van der Waals surface area contributed by atoms with E-state index < -0.39 is 28.8 Å². The standard InChI is InChI=1S/C12H11ClN2O6/c13-8-3-6(1-2-10(8)15(19)20)11(16)14-9-5-21-4-7(9)12(17)18/h1-3,7,9H,4-5H2,(H,14,16)(H,17,18). The van der Waals surface area contributed by atoms with E-state index in [9.17, 15) is 19.7 Å². The lowest BCUT2D eigenvalue weighted by Gasteiger charge is -2.15. The van der Waals surface area contributed by atoms with Crippen molar-refractivity contribution in [2.45, 2.75) is 6.04 Å². The maximum absolute atomic E-state index is 12.0. The highest BCUT2D eigenvalue weighted by Crippen LogP contribution is 2.25. The second-order valence-corrected chi connectivity index (χ2v) is 4.89. The van der Waals surface area contributed by atoms with E-state index in [0.29, 0.717) is 0 Å². The Morgan fingerprint density at radius 2 is 2.14 bits per heavy atom. The second-order valence-electron chi connectivity index (χ2n) is 4.49. The van der Waals surface area contributed by atoms with Crippen LogP contribution in [-0.2, 0) is 9.53 Å². The van der Waals surface area contributed by atoms with Gasteiger partial charge in [0.05, 0.1) is 24.2 Å². The van der Waals surface area contributed by atoms with Gasteiger partial charge in [0.2, 0.25) is 0 Å². The molecule has 1 heterocycles. The molecule has 0 aromatic heterocycles. The maximum atomic E-state index is 12.0. The molecule has 0 aliphatic carbocycles. The van der Waals surface area contributed by atoms with E-state index in [1.165, 1.54) is 12.1 Å². The van der Waals surface area contributed by atoms with Crippen molar-refractivity contribution in [1.29, 1.82) is 0 Å². The molecule has 1 aliphatic rings. The van der Waals surface area contributed by atoms with Gasteiger partial charge in [-0.3, -0.25) is 19.7 Å². The fraction of sp³-hybridized carbons (Fsp3) is 0.333. The van der Waals surface area contributed by atoms with E-state index in [0.717, 1.165) is 6.07 Å². The normalized spacial score (nSPS) is 21.0. The number of carboxylic acid groups (broad SMARTS) is 1. The van der Waals surface area contributed by atoms with E-state index in [1.54, 1.807) is 0 Å². The van der Waals surface area contributed by atoms with Crippen LogP contribution in [0.15, 0.2) is 18.2 Å². The van der Waals surface area contributed by atoms with E-state index in [4.69, 9.17) is 21.4 Å². The summed E-state index contributed by atoms with van der Waals surface area (Å²) >= 11 is 5.72. The molecular formula is C12H11ClN2O6. The molecule has 1 aromatic carbocycles. The van der Waals surface area contributed by atoms with Gasteiger partial charge < -0.3 is 15.2 Å². The lowest BCUT2D eigenvalue weighted by atomic mass is 10.0. The number of hydrogen-bond acceptors (Lipinski definition) is 5. The van der Waals surface area contributed by atoms with Gasteiger partial charge >= 0.3 is 5.97 Å². The highest BCUT2D eigenvalue weighted by molar-refractivity contribution is 6.33. The van der Waals surface area contributed by atoms with Crippen LogP contribution in [0.2, 0.25) is 5.02 Å². The monoisotopic (exact) mass is 314 g/mol. The van der Waals surface area contributed by atoms with Crippen molar-refractivity contribution in [1.82, 2.24) is 5.32 Å². The van der Waals surface area contributed by atoms with Crippen molar-refractivity contribution in [3.8, 4) is 0 Å². The third-order valence-electron chi connectivity index (χ3n) is 3.12. The van der Waals surface area contributed by atoms with Crippen LogP contribution in [-0.4, -0.2) is 41.2 Å². The van der Waals surface area contributed by atoms with Crippen LogP contribution in [0.4, 0.5) is 5.69 Å². The summed E-state index contributed by atoms with van der Waals surface area (Å²) in [6.45, 7) is 0.130. The zero-order valence-corrected chi connectivity index (χ0v) is 11.4. The van der Waals surface area contributed by atoms with E-state index in [1.807, 2.05) is 0 Å². The molecule has 2 N–H and O–H groups in total. The predicted octanol–water partition coefficient (Wildman–Crippen LogP) is 1.08. The average Bonchev–Trinajstić information content (AvgIpc) is 2.86. The number of nitro groups is 1. The minimum Gasteiger partial charge on any atom is -0.481 e. The highest BCUT2D eigenvalue weighted by atomic mass is 35.5. The summed E-state index contributed by atoms with van der Waals surface area (Å²) in [5.74, 6) is -2.43. The average molecular weight is 315 g/mol. The Kier molecular flexibility index (Phi) is 4.39. The zero-order chi connectivity index (χ0) is 15.6.